The fraction of sp³-hybridized carbons (Fsp3) is 0.417. The fourth-order valence-corrected chi connectivity index (χ4v) is 2.63. The molecular weight excluding hydrogens is 285 g/mol. The van der Waals surface area contributed by atoms with Crippen molar-refractivity contribution in [2.75, 3.05) is 13.1 Å². The molecule has 0 saturated heterocycles. The van der Waals surface area contributed by atoms with Crippen LogP contribution in [0, 0.1) is 5.82 Å². The lowest BCUT2D eigenvalue weighted by Crippen LogP contribution is -2.47. The second-order valence-corrected chi connectivity index (χ2v) is 5.18. The van der Waals surface area contributed by atoms with Crippen LogP contribution in [0.25, 0.3) is 0 Å². The molecular formula is C12H15BrFN3. The van der Waals surface area contributed by atoms with Crippen molar-refractivity contribution in [1.29, 1.82) is 0 Å². The number of guanidine groups is 1. The van der Waals surface area contributed by atoms with Gasteiger partial charge >= 0.3 is 0 Å². The summed E-state index contributed by atoms with van der Waals surface area (Å²) in [6.45, 7) is 5.48. The number of aliphatic imine (C=N–C) groups is 1. The summed E-state index contributed by atoms with van der Waals surface area (Å²) in [6.07, 6.45) is 0. The third-order valence-electron chi connectivity index (χ3n) is 3.28. The van der Waals surface area contributed by atoms with Crippen LogP contribution in [0.1, 0.15) is 19.4 Å². The first-order chi connectivity index (χ1) is 7.99. The van der Waals surface area contributed by atoms with Gasteiger partial charge < -0.3 is 10.6 Å². The normalized spacial score (nSPS) is 24.0. The Morgan fingerprint density at radius 3 is 2.88 bits per heavy atom. The van der Waals surface area contributed by atoms with Crippen LogP contribution in [0.4, 0.5) is 4.39 Å². The van der Waals surface area contributed by atoms with E-state index in [1.807, 2.05) is 11.8 Å². The van der Waals surface area contributed by atoms with E-state index in [9.17, 15) is 4.39 Å². The van der Waals surface area contributed by atoms with Gasteiger partial charge in [0, 0.05) is 6.54 Å². The molecule has 5 heteroatoms. The molecule has 0 fully saturated rings. The number of nitrogens with zero attached hydrogens (tertiary/aromatic N) is 2. The molecule has 1 aromatic carbocycles. The quantitative estimate of drug-likeness (QED) is 0.911. The molecule has 0 radical (unpaired) electrons. The van der Waals surface area contributed by atoms with Crippen molar-refractivity contribution in [3.63, 3.8) is 0 Å². The summed E-state index contributed by atoms with van der Waals surface area (Å²) in [6, 6.07) is 5.05. The molecule has 0 bridgehead atoms. The molecule has 92 valence electrons. The van der Waals surface area contributed by atoms with Crippen LogP contribution in [0.5, 0.6) is 0 Å². The number of benzene rings is 1. The first kappa shape index (κ1) is 12.4. The zero-order valence-electron chi connectivity index (χ0n) is 9.87. The molecule has 1 atom stereocenters. The monoisotopic (exact) mass is 299 g/mol. The van der Waals surface area contributed by atoms with Gasteiger partial charge in [0.05, 0.1) is 16.6 Å². The molecule has 1 aliphatic rings. The molecule has 0 spiro atoms. The summed E-state index contributed by atoms with van der Waals surface area (Å²) in [5.41, 5.74) is 6.59. The molecule has 2 rings (SSSR count). The number of nitrogens with two attached hydrogens (primary N) is 1. The highest BCUT2D eigenvalue weighted by atomic mass is 79.9. The van der Waals surface area contributed by atoms with E-state index in [4.69, 9.17) is 5.73 Å². The number of hydrogen-bond donors (Lipinski definition) is 1. The van der Waals surface area contributed by atoms with E-state index < -0.39 is 0 Å². The molecule has 17 heavy (non-hydrogen) atoms. The Morgan fingerprint density at radius 2 is 2.29 bits per heavy atom. The van der Waals surface area contributed by atoms with Gasteiger partial charge in [0.1, 0.15) is 5.82 Å². The summed E-state index contributed by atoms with van der Waals surface area (Å²) < 4.78 is 13.7. The zero-order valence-corrected chi connectivity index (χ0v) is 11.5. The predicted octanol–water partition coefficient (Wildman–Crippen LogP) is 2.45. The summed E-state index contributed by atoms with van der Waals surface area (Å²) in [4.78, 5) is 6.32. The van der Waals surface area contributed by atoms with Gasteiger partial charge in [0.2, 0.25) is 0 Å². The molecule has 0 saturated carbocycles. The van der Waals surface area contributed by atoms with Gasteiger partial charge in [-0.3, -0.25) is 4.99 Å². The highest BCUT2D eigenvalue weighted by Crippen LogP contribution is 2.34. The third-order valence-corrected chi connectivity index (χ3v) is 3.89. The summed E-state index contributed by atoms with van der Waals surface area (Å²) >= 11 is 3.21. The maximum Gasteiger partial charge on any atom is 0.192 e. The van der Waals surface area contributed by atoms with E-state index in [0.29, 0.717) is 17.0 Å². The Labute approximate surface area is 109 Å². The maximum atomic E-state index is 13.3. The van der Waals surface area contributed by atoms with Crippen molar-refractivity contribution in [3.8, 4) is 0 Å². The van der Waals surface area contributed by atoms with Crippen LogP contribution in [-0.4, -0.2) is 23.9 Å². The number of likely N-dealkylation sites (N-methyl/N-ethyl adjacent to an activating group) is 1. The molecule has 2 N–H and O–H groups in total. The van der Waals surface area contributed by atoms with Crippen molar-refractivity contribution in [2.24, 2.45) is 10.7 Å². The van der Waals surface area contributed by atoms with Crippen LogP contribution in [-0.2, 0) is 5.54 Å². The second kappa shape index (κ2) is 4.29. The molecule has 3 nitrogen and oxygen atoms in total. The van der Waals surface area contributed by atoms with E-state index in [0.717, 1.165) is 12.1 Å². The van der Waals surface area contributed by atoms with Crippen LogP contribution >= 0.6 is 15.9 Å². The summed E-state index contributed by atoms with van der Waals surface area (Å²) in [7, 11) is 0. The maximum absolute atomic E-state index is 13.3. The summed E-state index contributed by atoms with van der Waals surface area (Å²) in [5, 5.41) is 0. The van der Waals surface area contributed by atoms with Crippen molar-refractivity contribution in [3.05, 3.63) is 34.1 Å². The minimum absolute atomic E-state index is 0.257. The standard InChI is InChI=1S/C12H15BrFN3/c1-3-17-11(15)16-7-12(17,2)8-4-5-10(14)9(13)6-8/h4-6H,3,7H2,1-2H3,(H2,15,16). The average Bonchev–Trinajstić information content (AvgIpc) is 2.59. The zero-order chi connectivity index (χ0) is 12.6. The van der Waals surface area contributed by atoms with Crippen molar-refractivity contribution in [1.82, 2.24) is 4.90 Å². The smallest absolute Gasteiger partial charge is 0.192 e. The molecule has 1 aromatic rings. The molecule has 0 amide bonds. The van der Waals surface area contributed by atoms with Crippen molar-refractivity contribution < 1.29 is 4.39 Å². The molecule has 1 unspecified atom stereocenters. The number of halogens is 2. The van der Waals surface area contributed by atoms with Crippen molar-refractivity contribution >= 4 is 21.9 Å². The predicted molar refractivity (Wildman–Crippen MR) is 70.3 cm³/mol. The molecule has 0 aliphatic carbocycles. The SMILES string of the molecule is CCN1C(N)=NCC1(C)c1ccc(F)c(Br)c1. The highest BCUT2D eigenvalue weighted by molar-refractivity contribution is 9.10. The number of rotatable bonds is 2. The van der Waals surface area contributed by atoms with E-state index in [2.05, 4.69) is 27.8 Å². The average molecular weight is 300 g/mol. The lowest BCUT2D eigenvalue weighted by molar-refractivity contribution is 0.234. The van der Waals surface area contributed by atoms with E-state index in [-0.39, 0.29) is 11.4 Å². The first-order valence-corrected chi connectivity index (χ1v) is 6.31. The minimum Gasteiger partial charge on any atom is -0.370 e. The van der Waals surface area contributed by atoms with Crippen LogP contribution < -0.4 is 5.73 Å². The van der Waals surface area contributed by atoms with Gasteiger partial charge in [0.15, 0.2) is 5.96 Å². The van der Waals surface area contributed by atoms with Gasteiger partial charge in [-0.05, 0) is 47.5 Å². The minimum atomic E-state index is -0.283. The van der Waals surface area contributed by atoms with Gasteiger partial charge in [-0.2, -0.15) is 0 Å². The molecule has 0 aromatic heterocycles. The molecule has 1 heterocycles. The Kier molecular flexibility index (Phi) is 3.12. The van der Waals surface area contributed by atoms with E-state index >= 15 is 0 Å². The lowest BCUT2D eigenvalue weighted by atomic mass is 9.91. The first-order valence-electron chi connectivity index (χ1n) is 5.52. The Balaban J connectivity index is 2.42. The molecule has 1 aliphatic heterocycles. The van der Waals surface area contributed by atoms with Gasteiger partial charge in [0.25, 0.3) is 0 Å². The number of hydrogen-bond acceptors (Lipinski definition) is 3. The third kappa shape index (κ3) is 1.92. The van der Waals surface area contributed by atoms with Crippen LogP contribution in [0.2, 0.25) is 0 Å². The van der Waals surface area contributed by atoms with Crippen LogP contribution in [0.3, 0.4) is 0 Å². The second-order valence-electron chi connectivity index (χ2n) is 4.32. The topological polar surface area (TPSA) is 41.6 Å². The van der Waals surface area contributed by atoms with E-state index in [1.165, 1.54) is 6.07 Å². The highest BCUT2D eigenvalue weighted by Gasteiger charge is 2.38. The fourth-order valence-electron chi connectivity index (χ4n) is 2.25. The van der Waals surface area contributed by atoms with Gasteiger partial charge in [-0.1, -0.05) is 6.07 Å². The lowest BCUT2D eigenvalue weighted by Gasteiger charge is -2.36. The Morgan fingerprint density at radius 1 is 1.59 bits per heavy atom. The Hall–Kier alpha value is -1.10. The van der Waals surface area contributed by atoms with Crippen LogP contribution in [0.15, 0.2) is 27.7 Å². The van der Waals surface area contributed by atoms with Gasteiger partial charge in [-0.15, -0.1) is 0 Å². The van der Waals surface area contributed by atoms with Crippen molar-refractivity contribution in [2.45, 2.75) is 19.4 Å². The Bertz CT molecular complexity index is 475. The van der Waals surface area contributed by atoms with E-state index in [1.54, 1.807) is 12.1 Å². The van der Waals surface area contributed by atoms with Gasteiger partial charge in [-0.25, -0.2) is 4.39 Å². The summed E-state index contributed by atoms with van der Waals surface area (Å²) in [5.74, 6) is 0.294. The largest absolute Gasteiger partial charge is 0.370 e.